The molecule has 1 aliphatic heterocycles. The van der Waals surface area contributed by atoms with Crippen molar-refractivity contribution in [2.45, 2.75) is 83.7 Å². The molecule has 2 heteroatoms. The summed E-state index contributed by atoms with van der Waals surface area (Å²) in [6.45, 7) is 10.9. The Morgan fingerprint density at radius 1 is 1.21 bits per heavy atom. The van der Waals surface area contributed by atoms with Gasteiger partial charge in [-0.15, -0.1) is 0 Å². The zero-order valence-corrected chi connectivity index (χ0v) is 13.4. The number of nitrogens with one attached hydrogen (secondary N) is 1. The summed E-state index contributed by atoms with van der Waals surface area (Å²) in [7, 11) is 0. The number of nitrogens with zero attached hydrogens (tertiary/aromatic N) is 1. The van der Waals surface area contributed by atoms with E-state index in [-0.39, 0.29) is 0 Å². The van der Waals surface area contributed by atoms with Gasteiger partial charge in [0.05, 0.1) is 0 Å². The zero-order chi connectivity index (χ0) is 13.7. The van der Waals surface area contributed by atoms with Crippen LogP contribution in [0.15, 0.2) is 0 Å². The average Bonchev–Trinajstić information content (AvgIpc) is 2.84. The predicted molar refractivity (Wildman–Crippen MR) is 83.5 cm³/mol. The highest BCUT2D eigenvalue weighted by Gasteiger charge is 2.43. The molecule has 112 valence electrons. The highest BCUT2D eigenvalue weighted by molar-refractivity contribution is 5.02. The molecule has 1 N–H and O–H groups in total. The average molecular weight is 266 g/mol. The lowest BCUT2D eigenvalue weighted by Crippen LogP contribution is -2.64. The Morgan fingerprint density at radius 3 is 2.58 bits per heavy atom. The van der Waals surface area contributed by atoms with Crippen LogP contribution in [-0.2, 0) is 0 Å². The summed E-state index contributed by atoms with van der Waals surface area (Å²) in [6, 6.07) is 0.741. The highest BCUT2D eigenvalue weighted by atomic mass is 15.3. The minimum atomic E-state index is 0.520. The Kier molecular flexibility index (Phi) is 5.70. The number of piperazine rings is 1. The fourth-order valence-electron chi connectivity index (χ4n) is 4.27. The summed E-state index contributed by atoms with van der Waals surface area (Å²) in [5.74, 6) is 0.864. The van der Waals surface area contributed by atoms with Crippen molar-refractivity contribution in [1.29, 1.82) is 0 Å². The van der Waals surface area contributed by atoms with Crippen LogP contribution in [0.1, 0.15) is 72.1 Å². The summed E-state index contributed by atoms with van der Waals surface area (Å²) in [4.78, 5) is 2.89. The molecular weight excluding hydrogens is 232 g/mol. The Labute approximate surface area is 120 Å². The number of hydrogen-bond acceptors (Lipinski definition) is 2. The maximum Gasteiger partial charge on any atom is 0.0334 e. The Balaban J connectivity index is 1.98. The molecule has 1 spiro atoms. The molecule has 19 heavy (non-hydrogen) atoms. The second-order valence-electron chi connectivity index (χ2n) is 7.10. The normalized spacial score (nSPS) is 28.9. The van der Waals surface area contributed by atoms with Crippen LogP contribution in [0.3, 0.4) is 0 Å². The fraction of sp³-hybridized carbons (Fsp3) is 1.00. The smallest absolute Gasteiger partial charge is 0.0334 e. The van der Waals surface area contributed by atoms with Crippen LogP contribution in [0.4, 0.5) is 0 Å². The van der Waals surface area contributed by atoms with E-state index >= 15 is 0 Å². The highest BCUT2D eigenvalue weighted by Crippen LogP contribution is 2.37. The summed E-state index contributed by atoms with van der Waals surface area (Å²) in [5, 5.41) is 3.85. The second kappa shape index (κ2) is 7.08. The van der Waals surface area contributed by atoms with Crippen LogP contribution in [0, 0.1) is 5.92 Å². The molecule has 1 saturated carbocycles. The first kappa shape index (κ1) is 15.3. The summed E-state index contributed by atoms with van der Waals surface area (Å²) in [5.41, 5.74) is 0.520. The minimum absolute atomic E-state index is 0.520. The van der Waals surface area contributed by atoms with Crippen molar-refractivity contribution in [3.8, 4) is 0 Å². The van der Waals surface area contributed by atoms with Gasteiger partial charge in [-0.05, 0) is 31.6 Å². The Bertz CT molecular complexity index is 256. The summed E-state index contributed by atoms with van der Waals surface area (Å²) >= 11 is 0. The lowest BCUT2D eigenvalue weighted by atomic mass is 9.88. The van der Waals surface area contributed by atoms with Gasteiger partial charge in [0.15, 0.2) is 0 Å². The second-order valence-corrected chi connectivity index (χ2v) is 7.10. The lowest BCUT2D eigenvalue weighted by Gasteiger charge is -2.49. The molecule has 2 atom stereocenters. The van der Waals surface area contributed by atoms with Crippen LogP contribution in [0.2, 0.25) is 0 Å². The van der Waals surface area contributed by atoms with E-state index in [1.54, 1.807) is 0 Å². The molecular formula is C17H34N2. The summed E-state index contributed by atoms with van der Waals surface area (Å²) in [6.07, 6.45) is 11.1. The number of rotatable bonds is 6. The van der Waals surface area contributed by atoms with Crippen LogP contribution >= 0.6 is 0 Å². The van der Waals surface area contributed by atoms with Gasteiger partial charge >= 0.3 is 0 Å². The molecule has 0 amide bonds. The lowest BCUT2D eigenvalue weighted by molar-refractivity contribution is 0.0283. The van der Waals surface area contributed by atoms with Crippen molar-refractivity contribution < 1.29 is 0 Å². The minimum Gasteiger partial charge on any atom is -0.311 e. The molecule has 1 heterocycles. The Hall–Kier alpha value is -0.0800. The Morgan fingerprint density at radius 2 is 1.95 bits per heavy atom. The van der Waals surface area contributed by atoms with Gasteiger partial charge in [-0.1, -0.05) is 46.5 Å². The van der Waals surface area contributed by atoms with Gasteiger partial charge in [0.2, 0.25) is 0 Å². The molecule has 2 aliphatic rings. The van der Waals surface area contributed by atoms with E-state index in [2.05, 4.69) is 31.0 Å². The van der Waals surface area contributed by atoms with E-state index in [1.165, 1.54) is 71.0 Å². The molecule has 2 fully saturated rings. The molecule has 2 nitrogen and oxygen atoms in total. The van der Waals surface area contributed by atoms with Gasteiger partial charge in [-0.3, -0.25) is 4.90 Å². The first-order valence-electron chi connectivity index (χ1n) is 8.68. The van der Waals surface area contributed by atoms with Gasteiger partial charge in [-0.25, -0.2) is 0 Å². The van der Waals surface area contributed by atoms with Crippen LogP contribution in [-0.4, -0.2) is 36.1 Å². The monoisotopic (exact) mass is 266 g/mol. The zero-order valence-electron chi connectivity index (χ0n) is 13.4. The van der Waals surface area contributed by atoms with E-state index in [9.17, 15) is 0 Å². The third-order valence-electron chi connectivity index (χ3n) is 5.32. The van der Waals surface area contributed by atoms with Crippen molar-refractivity contribution in [3.05, 3.63) is 0 Å². The van der Waals surface area contributed by atoms with E-state index in [0.717, 1.165) is 12.0 Å². The third kappa shape index (κ3) is 3.72. The van der Waals surface area contributed by atoms with Crippen molar-refractivity contribution in [2.75, 3.05) is 19.6 Å². The van der Waals surface area contributed by atoms with Crippen molar-refractivity contribution in [1.82, 2.24) is 10.2 Å². The van der Waals surface area contributed by atoms with Crippen molar-refractivity contribution in [3.63, 3.8) is 0 Å². The van der Waals surface area contributed by atoms with Crippen molar-refractivity contribution >= 4 is 0 Å². The van der Waals surface area contributed by atoms with E-state index in [0.29, 0.717) is 5.54 Å². The molecule has 2 rings (SSSR count). The largest absolute Gasteiger partial charge is 0.311 e. The van der Waals surface area contributed by atoms with Gasteiger partial charge in [0.1, 0.15) is 0 Å². The standard InChI is InChI=1S/C17H34N2/c1-4-8-15(3)12-19-13-16(9-5-2)18-14-17(19)10-6-7-11-17/h15-16,18H,4-14H2,1-3H3. The van der Waals surface area contributed by atoms with Crippen molar-refractivity contribution in [2.24, 2.45) is 5.92 Å². The van der Waals surface area contributed by atoms with Crippen LogP contribution < -0.4 is 5.32 Å². The van der Waals surface area contributed by atoms with Crippen LogP contribution in [0.5, 0.6) is 0 Å². The van der Waals surface area contributed by atoms with E-state index in [1.807, 2.05) is 0 Å². The van der Waals surface area contributed by atoms with E-state index in [4.69, 9.17) is 0 Å². The summed E-state index contributed by atoms with van der Waals surface area (Å²) < 4.78 is 0. The molecule has 0 bridgehead atoms. The fourth-order valence-corrected chi connectivity index (χ4v) is 4.27. The molecule has 0 aromatic rings. The maximum absolute atomic E-state index is 3.85. The predicted octanol–water partition coefficient (Wildman–Crippen LogP) is 3.81. The molecule has 0 radical (unpaired) electrons. The van der Waals surface area contributed by atoms with Gasteiger partial charge < -0.3 is 5.32 Å². The van der Waals surface area contributed by atoms with Gasteiger partial charge in [0.25, 0.3) is 0 Å². The quantitative estimate of drug-likeness (QED) is 0.786. The van der Waals surface area contributed by atoms with Gasteiger partial charge in [0, 0.05) is 31.2 Å². The SMILES string of the molecule is CCCC(C)CN1CC(CCC)NCC12CCCC2. The van der Waals surface area contributed by atoms with Gasteiger partial charge in [-0.2, -0.15) is 0 Å². The topological polar surface area (TPSA) is 15.3 Å². The first-order valence-corrected chi connectivity index (χ1v) is 8.68. The van der Waals surface area contributed by atoms with E-state index < -0.39 is 0 Å². The molecule has 2 unspecified atom stereocenters. The van der Waals surface area contributed by atoms with Crippen LogP contribution in [0.25, 0.3) is 0 Å². The maximum atomic E-state index is 3.85. The molecule has 1 saturated heterocycles. The molecule has 0 aromatic heterocycles. The first-order chi connectivity index (χ1) is 9.20. The molecule has 0 aromatic carbocycles. The third-order valence-corrected chi connectivity index (χ3v) is 5.32. The number of hydrogen-bond donors (Lipinski definition) is 1. The molecule has 1 aliphatic carbocycles.